The summed E-state index contributed by atoms with van der Waals surface area (Å²) in [5, 5.41) is 3.76. The van der Waals surface area contributed by atoms with E-state index in [9.17, 15) is 0 Å². The molecule has 4 aliphatic rings. The van der Waals surface area contributed by atoms with Gasteiger partial charge in [0.2, 0.25) is 0 Å². The molecule has 3 saturated heterocycles. The molecule has 0 amide bonds. The molecule has 6 atom stereocenters. The van der Waals surface area contributed by atoms with Gasteiger partial charge in [-0.05, 0) is 45.7 Å². The van der Waals surface area contributed by atoms with Gasteiger partial charge < -0.3 is 19.9 Å². The molecule has 150 valence electrons. The third kappa shape index (κ3) is 3.62. The van der Waals surface area contributed by atoms with Gasteiger partial charge in [0.25, 0.3) is 0 Å². The lowest BCUT2D eigenvalue weighted by atomic mass is 9.75. The van der Waals surface area contributed by atoms with Crippen molar-refractivity contribution in [3.05, 3.63) is 0 Å². The fraction of sp³-hybridized carbons (Fsp3) is 0.950. The third-order valence-electron chi connectivity index (χ3n) is 7.56. The highest BCUT2D eigenvalue weighted by Gasteiger charge is 2.53. The second-order valence-electron chi connectivity index (χ2n) is 9.24. The molecule has 0 aromatic carbocycles. The standard InChI is InChI=1S/C20H36N4O.HI/c1-14-6-5-9-20(10-14,23(3)4)13-22-19(21-2)24-11-15-16(12-24)18-8-7-17(15)25-18;/h14-18H,5-13H2,1-4H3,(H,21,22);1H. The van der Waals surface area contributed by atoms with Crippen molar-refractivity contribution in [2.45, 2.75) is 63.2 Å². The SMILES string of the molecule is CN=C(NCC1(N(C)C)CCCC(C)C1)N1CC2C3CCC(O3)C2C1.I. The number of hydrogen-bond acceptors (Lipinski definition) is 3. The van der Waals surface area contributed by atoms with E-state index in [4.69, 9.17) is 4.74 Å². The fourth-order valence-corrected chi connectivity index (χ4v) is 6.07. The van der Waals surface area contributed by atoms with Gasteiger partial charge in [-0.1, -0.05) is 19.8 Å². The number of aliphatic imine (C=N–C) groups is 1. The molecule has 1 aliphatic carbocycles. The molecule has 0 aromatic heterocycles. The number of ether oxygens (including phenoxy) is 1. The zero-order chi connectivity index (χ0) is 17.6. The lowest BCUT2D eigenvalue weighted by Crippen LogP contribution is -2.56. The highest BCUT2D eigenvalue weighted by molar-refractivity contribution is 14.0. The number of likely N-dealkylation sites (tertiary alicyclic amines) is 1. The molecule has 4 rings (SSSR count). The lowest BCUT2D eigenvalue weighted by molar-refractivity contribution is 0.0738. The Bertz CT molecular complexity index is 510. The summed E-state index contributed by atoms with van der Waals surface area (Å²) >= 11 is 0. The maximum Gasteiger partial charge on any atom is 0.193 e. The number of fused-ring (bicyclic) bond motifs is 5. The van der Waals surface area contributed by atoms with Gasteiger partial charge >= 0.3 is 0 Å². The number of nitrogens with one attached hydrogen (secondary N) is 1. The van der Waals surface area contributed by atoms with Crippen LogP contribution < -0.4 is 5.32 Å². The van der Waals surface area contributed by atoms with Crippen molar-refractivity contribution in [2.75, 3.05) is 40.8 Å². The Morgan fingerprint density at radius 1 is 1.19 bits per heavy atom. The van der Waals surface area contributed by atoms with Crippen LogP contribution in [-0.4, -0.2) is 74.3 Å². The third-order valence-corrected chi connectivity index (χ3v) is 7.56. The van der Waals surface area contributed by atoms with Gasteiger partial charge in [-0.2, -0.15) is 0 Å². The minimum absolute atomic E-state index is 0. The van der Waals surface area contributed by atoms with Gasteiger partial charge in [-0.3, -0.25) is 4.99 Å². The Hall–Kier alpha value is -0.0800. The van der Waals surface area contributed by atoms with E-state index in [1.807, 2.05) is 7.05 Å². The van der Waals surface area contributed by atoms with E-state index in [-0.39, 0.29) is 29.5 Å². The summed E-state index contributed by atoms with van der Waals surface area (Å²) in [4.78, 5) is 9.59. The quantitative estimate of drug-likeness (QED) is 0.387. The van der Waals surface area contributed by atoms with Crippen LogP contribution in [-0.2, 0) is 4.74 Å². The first-order valence-electron chi connectivity index (χ1n) is 10.3. The number of rotatable bonds is 3. The molecule has 2 bridgehead atoms. The summed E-state index contributed by atoms with van der Waals surface area (Å²) in [6, 6.07) is 0. The molecule has 5 nitrogen and oxygen atoms in total. The van der Waals surface area contributed by atoms with Gasteiger partial charge in [0.05, 0.1) is 12.2 Å². The van der Waals surface area contributed by atoms with Gasteiger partial charge in [-0.15, -0.1) is 24.0 Å². The number of halogens is 1. The molecule has 1 saturated carbocycles. The van der Waals surface area contributed by atoms with Crippen molar-refractivity contribution in [3.8, 4) is 0 Å². The smallest absolute Gasteiger partial charge is 0.193 e. The first-order valence-corrected chi connectivity index (χ1v) is 10.3. The Labute approximate surface area is 176 Å². The summed E-state index contributed by atoms with van der Waals surface area (Å²) in [6.45, 7) is 5.66. The largest absolute Gasteiger partial charge is 0.374 e. The van der Waals surface area contributed by atoms with Crippen LogP contribution in [0.4, 0.5) is 0 Å². The maximum atomic E-state index is 6.12. The van der Waals surface area contributed by atoms with E-state index in [2.05, 4.69) is 41.1 Å². The van der Waals surface area contributed by atoms with Gasteiger partial charge in [0.1, 0.15) is 0 Å². The minimum Gasteiger partial charge on any atom is -0.374 e. The van der Waals surface area contributed by atoms with E-state index < -0.39 is 0 Å². The monoisotopic (exact) mass is 476 g/mol. The van der Waals surface area contributed by atoms with Crippen molar-refractivity contribution in [3.63, 3.8) is 0 Å². The number of hydrogen-bond donors (Lipinski definition) is 1. The fourth-order valence-electron chi connectivity index (χ4n) is 6.07. The molecule has 6 heteroatoms. The van der Waals surface area contributed by atoms with Crippen LogP contribution in [0.3, 0.4) is 0 Å². The van der Waals surface area contributed by atoms with Gasteiger partial charge in [-0.25, -0.2) is 0 Å². The first kappa shape index (κ1) is 20.6. The average molecular weight is 476 g/mol. The predicted molar refractivity (Wildman–Crippen MR) is 117 cm³/mol. The normalized spacial score (nSPS) is 42.1. The molecular formula is C20H37IN4O. The molecule has 6 unspecified atom stereocenters. The highest BCUT2D eigenvalue weighted by atomic mass is 127. The van der Waals surface area contributed by atoms with Crippen LogP contribution in [0.15, 0.2) is 4.99 Å². The summed E-state index contributed by atoms with van der Waals surface area (Å²) in [7, 11) is 6.43. The molecule has 1 N–H and O–H groups in total. The molecule has 3 aliphatic heterocycles. The first-order chi connectivity index (χ1) is 12.0. The summed E-state index contributed by atoms with van der Waals surface area (Å²) < 4.78 is 6.12. The maximum absolute atomic E-state index is 6.12. The van der Waals surface area contributed by atoms with E-state index in [0.717, 1.165) is 43.3 Å². The van der Waals surface area contributed by atoms with Crippen LogP contribution in [0.2, 0.25) is 0 Å². The molecule has 26 heavy (non-hydrogen) atoms. The zero-order valence-corrected chi connectivity index (χ0v) is 19.2. The Morgan fingerprint density at radius 3 is 2.38 bits per heavy atom. The van der Waals surface area contributed by atoms with E-state index in [1.54, 1.807) is 0 Å². The zero-order valence-electron chi connectivity index (χ0n) is 16.9. The van der Waals surface area contributed by atoms with E-state index >= 15 is 0 Å². The van der Waals surface area contributed by atoms with Crippen LogP contribution >= 0.6 is 24.0 Å². The van der Waals surface area contributed by atoms with Crippen LogP contribution in [0.5, 0.6) is 0 Å². The molecule has 3 heterocycles. The number of guanidine groups is 1. The van der Waals surface area contributed by atoms with Crippen LogP contribution in [0.25, 0.3) is 0 Å². The molecule has 0 radical (unpaired) electrons. The summed E-state index contributed by atoms with van der Waals surface area (Å²) in [6.07, 6.45) is 8.87. The molecule has 0 aromatic rings. The predicted octanol–water partition coefficient (Wildman–Crippen LogP) is 2.80. The van der Waals surface area contributed by atoms with Crippen molar-refractivity contribution in [1.29, 1.82) is 0 Å². The lowest BCUT2D eigenvalue weighted by Gasteiger charge is -2.45. The van der Waals surface area contributed by atoms with Gasteiger partial charge in [0.15, 0.2) is 5.96 Å². The van der Waals surface area contributed by atoms with Crippen LogP contribution in [0.1, 0.15) is 45.4 Å². The Morgan fingerprint density at radius 2 is 1.85 bits per heavy atom. The van der Waals surface area contributed by atoms with Crippen molar-refractivity contribution in [1.82, 2.24) is 15.1 Å². The minimum atomic E-state index is 0. The summed E-state index contributed by atoms with van der Waals surface area (Å²) in [5.41, 5.74) is 0.269. The average Bonchev–Trinajstić information content (AvgIpc) is 3.28. The number of likely N-dealkylation sites (N-methyl/N-ethyl adjacent to an activating group) is 1. The second-order valence-corrected chi connectivity index (χ2v) is 9.24. The van der Waals surface area contributed by atoms with E-state index in [0.29, 0.717) is 12.2 Å². The molecule has 0 spiro atoms. The second kappa shape index (κ2) is 8.11. The van der Waals surface area contributed by atoms with Crippen LogP contribution in [0, 0.1) is 17.8 Å². The molecular weight excluding hydrogens is 439 g/mol. The van der Waals surface area contributed by atoms with Gasteiger partial charge in [0, 0.05) is 44.1 Å². The van der Waals surface area contributed by atoms with Crippen molar-refractivity contribution >= 4 is 29.9 Å². The Balaban J connectivity index is 0.00000196. The molecule has 4 fully saturated rings. The van der Waals surface area contributed by atoms with E-state index in [1.165, 1.54) is 38.5 Å². The number of nitrogens with zero attached hydrogens (tertiary/aromatic N) is 3. The topological polar surface area (TPSA) is 40.1 Å². The van der Waals surface area contributed by atoms with Crippen molar-refractivity contribution < 1.29 is 4.74 Å². The van der Waals surface area contributed by atoms with Crippen molar-refractivity contribution in [2.24, 2.45) is 22.7 Å². The summed E-state index contributed by atoms with van der Waals surface area (Å²) in [5.74, 6) is 3.39. The Kier molecular flexibility index (Phi) is 6.44. The highest BCUT2D eigenvalue weighted by Crippen LogP contribution is 2.47.